The van der Waals surface area contributed by atoms with E-state index in [-0.39, 0.29) is 11.8 Å². The quantitative estimate of drug-likeness (QED) is 0.543. The molecule has 14 heavy (non-hydrogen) atoms. The van der Waals surface area contributed by atoms with Crippen LogP contribution in [0.15, 0.2) is 0 Å². The molecule has 0 aliphatic carbocycles. The van der Waals surface area contributed by atoms with E-state index in [0.29, 0.717) is 0 Å². The molecule has 0 aromatic carbocycles. The first kappa shape index (κ1) is 11.0. The predicted octanol–water partition coefficient (Wildman–Crippen LogP) is -1.02. The molecule has 1 rings (SSSR count). The van der Waals surface area contributed by atoms with Gasteiger partial charge < -0.3 is 16.4 Å². The Labute approximate surface area is 83.4 Å². The highest BCUT2D eigenvalue weighted by Crippen LogP contribution is 2.16. The van der Waals surface area contributed by atoms with Gasteiger partial charge in [-0.1, -0.05) is 0 Å². The van der Waals surface area contributed by atoms with Gasteiger partial charge in [-0.3, -0.25) is 9.59 Å². The normalized spacial score (nSPS) is 20.1. The molecular weight excluding hydrogens is 182 g/mol. The zero-order valence-corrected chi connectivity index (χ0v) is 8.38. The number of hydrogen-bond acceptors (Lipinski definition) is 3. The van der Waals surface area contributed by atoms with Crippen LogP contribution in [0, 0.1) is 5.92 Å². The maximum absolute atomic E-state index is 11.1. The van der Waals surface area contributed by atoms with Gasteiger partial charge in [-0.05, 0) is 31.8 Å². The minimum atomic E-state index is -0.505. The zero-order chi connectivity index (χ0) is 10.6. The Balaban J connectivity index is 2.56. The minimum Gasteiger partial charge on any atom is -0.368 e. The lowest BCUT2D eigenvalue weighted by atomic mass is 9.90. The van der Waals surface area contributed by atoms with Crippen LogP contribution in [0.25, 0.3) is 0 Å². The van der Waals surface area contributed by atoms with Crippen molar-refractivity contribution in [3.05, 3.63) is 0 Å². The Morgan fingerprint density at radius 3 is 2.43 bits per heavy atom. The van der Waals surface area contributed by atoms with Crippen molar-refractivity contribution in [3.8, 4) is 0 Å². The van der Waals surface area contributed by atoms with E-state index < -0.39 is 11.9 Å². The minimum absolute atomic E-state index is 0.178. The lowest BCUT2D eigenvalue weighted by Gasteiger charge is -2.28. The first-order valence-corrected chi connectivity index (χ1v) is 4.88. The van der Waals surface area contributed by atoms with Crippen molar-refractivity contribution in [1.29, 1.82) is 0 Å². The van der Waals surface area contributed by atoms with Gasteiger partial charge in [-0.2, -0.15) is 0 Å². The number of hydrogen-bond donors (Lipinski definition) is 3. The van der Waals surface area contributed by atoms with Crippen LogP contribution in [-0.2, 0) is 9.59 Å². The summed E-state index contributed by atoms with van der Waals surface area (Å²) in [5.41, 5.74) is 5.24. The van der Waals surface area contributed by atoms with Gasteiger partial charge in [0.05, 0.1) is 0 Å². The molecule has 5 nitrogen and oxygen atoms in total. The monoisotopic (exact) mass is 199 g/mol. The highest BCUT2D eigenvalue weighted by atomic mass is 16.2. The summed E-state index contributed by atoms with van der Waals surface area (Å²) in [6, 6.07) is -0.505. The third-order valence-corrected chi connectivity index (χ3v) is 2.52. The van der Waals surface area contributed by atoms with Gasteiger partial charge in [-0.25, -0.2) is 0 Å². The molecule has 0 spiro atoms. The second-order valence-corrected chi connectivity index (χ2v) is 3.67. The van der Waals surface area contributed by atoms with E-state index in [9.17, 15) is 9.59 Å². The van der Waals surface area contributed by atoms with E-state index in [1.165, 1.54) is 6.92 Å². The fourth-order valence-corrected chi connectivity index (χ4v) is 1.82. The van der Waals surface area contributed by atoms with E-state index in [1.54, 1.807) is 0 Å². The average Bonchev–Trinajstić information content (AvgIpc) is 2.15. The SMILES string of the molecule is CC(=O)N[C@@H](C(N)=O)C1CCNCC1. The maximum atomic E-state index is 11.1. The summed E-state index contributed by atoms with van der Waals surface area (Å²) >= 11 is 0. The molecule has 4 N–H and O–H groups in total. The van der Waals surface area contributed by atoms with E-state index in [2.05, 4.69) is 10.6 Å². The summed E-state index contributed by atoms with van der Waals surface area (Å²) in [5.74, 6) is -0.461. The van der Waals surface area contributed by atoms with Crippen LogP contribution in [0.5, 0.6) is 0 Å². The van der Waals surface area contributed by atoms with Gasteiger partial charge in [0.25, 0.3) is 0 Å². The Morgan fingerprint density at radius 2 is 2.00 bits per heavy atom. The summed E-state index contributed by atoms with van der Waals surface area (Å²) in [7, 11) is 0. The number of rotatable bonds is 3. The van der Waals surface area contributed by atoms with Gasteiger partial charge in [-0.15, -0.1) is 0 Å². The van der Waals surface area contributed by atoms with Crippen molar-refractivity contribution in [1.82, 2.24) is 10.6 Å². The Kier molecular flexibility index (Phi) is 3.88. The molecule has 1 aliphatic heterocycles. The molecule has 80 valence electrons. The molecule has 1 saturated heterocycles. The van der Waals surface area contributed by atoms with Crippen LogP contribution < -0.4 is 16.4 Å². The lowest BCUT2D eigenvalue weighted by Crippen LogP contribution is -2.51. The lowest BCUT2D eigenvalue weighted by molar-refractivity contribution is -0.127. The number of carbonyl (C=O) groups is 2. The van der Waals surface area contributed by atoms with Crippen LogP contribution in [0.2, 0.25) is 0 Å². The van der Waals surface area contributed by atoms with Gasteiger partial charge in [0.1, 0.15) is 6.04 Å². The Bertz CT molecular complexity index is 224. The summed E-state index contributed by atoms with van der Waals surface area (Å²) in [4.78, 5) is 22.0. The second kappa shape index (κ2) is 4.95. The molecule has 0 bridgehead atoms. The van der Waals surface area contributed by atoms with E-state index in [1.807, 2.05) is 0 Å². The van der Waals surface area contributed by atoms with Crippen molar-refractivity contribution in [3.63, 3.8) is 0 Å². The van der Waals surface area contributed by atoms with Gasteiger partial charge >= 0.3 is 0 Å². The number of nitrogens with one attached hydrogen (secondary N) is 2. The van der Waals surface area contributed by atoms with Crippen molar-refractivity contribution in [2.75, 3.05) is 13.1 Å². The summed E-state index contributed by atoms with van der Waals surface area (Å²) < 4.78 is 0. The van der Waals surface area contributed by atoms with E-state index in [0.717, 1.165) is 25.9 Å². The number of amides is 2. The topological polar surface area (TPSA) is 84.2 Å². The molecule has 1 heterocycles. The molecule has 1 fully saturated rings. The predicted molar refractivity (Wildman–Crippen MR) is 52.4 cm³/mol. The summed E-state index contributed by atoms with van der Waals surface area (Å²) in [5, 5.41) is 5.80. The second-order valence-electron chi connectivity index (χ2n) is 3.67. The Hall–Kier alpha value is -1.10. The van der Waals surface area contributed by atoms with Crippen LogP contribution in [0.4, 0.5) is 0 Å². The third kappa shape index (κ3) is 2.99. The molecule has 1 atom stereocenters. The number of carbonyl (C=O) groups excluding carboxylic acids is 2. The van der Waals surface area contributed by atoms with Crippen LogP contribution in [0.3, 0.4) is 0 Å². The number of nitrogens with two attached hydrogens (primary N) is 1. The van der Waals surface area contributed by atoms with Crippen molar-refractivity contribution >= 4 is 11.8 Å². The van der Waals surface area contributed by atoms with Gasteiger partial charge in [0.15, 0.2) is 0 Å². The first-order chi connectivity index (χ1) is 6.61. The summed E-state index contributed by atoms with van der Waals surface area (Å²) in [6.45, 7) is 3.17. The Morgan fingerprint density at radius 1 is 1.43 bits per heavy atom. The van der Waals surface area contributed by atoms with E-state index in [4.69, 9.17) is 5.73 Å². The average molecular weight is 199 g/mol. The standard InChI is InChI=1S/C9H17N3O2/c1-6(13)12-8(9(10)14)7-2-4-11-5-3-7/h7-8,11H,2-5H2,1H3,(H2,10,14)(H,12,13)/t8-/m1/s1. The highest BCUT2D eigenvalue weighted by Gasteiger charge is 2.28. The molecule has 2 amide bonds. The highest BCUT2D eigenvalue weighted by molar-refractivity contribution is 5.85. The van der Waals surface area contributed by atoms with Gasteiger partial charge in [0.2, 0.25) is 11.8 Å². The smallest absolute Gasteiger partial charge is 0.240 e. The summed E-state index contributed by atoms with van der Waals surface area (Å²) in [6.07, 6.45) is 1.77. The van der Waals surface area contributed by atoms with Crippen LogP contribution >= 0.6 is 0 Å². The maximum Gasteiger partial charge on any atom is 0.240 e. The molecular formula is C9H17N3O2. The molecule has 0 aromatic heterocycles. The van der Waals surface area contributed by atoms with E-state index >= 15 is 0 Å². The van der Waals surface area contributed by atoms with Crippen molar-refractivity contribution < 1.29 is 9.59 Å². The molecule has 0 aromatic rings. The van der Waals surface area contributed by atoms with Crippen LogP contribution in [0.1, 0.15) is 19.8 Å². The van der Waals surface area contributed by atoms with Crippen molar-refractivity contribution in [2.24, 2.45) is 11.7 Å². The molecule has 0 radical (unpaired) electrons. The van der Waals surface area contributed by atoms with Crippen molar-refractivity contribution in [2.45, 2.75) is 25.8 Å². The fourth-order valence-electron chi connectivity index (χ4n) is 1.82. The number of piperidine rings is 1. The molecule has 5 heteroatoms. The fraction of sp³-hybridized carbons (Fsp3) is 0.778. The first-order valence-electron chi connectivity index (χ1n) is 4.88. The zero-order valence-electron chi connectivity index (χ0n) is 8.38. The molecule has 1 aliphatic rings. The number of primary amides is 1. The molecule has 0 saturated carbocycles. The largest absolute Gasteiger partial charge is 0.368 e. The van der Waals surface area contributed by atoms with Gasteiger partial charge in [0, 0.05) is 6.92 Å². The molecule has 0 unspecified atom stereocenters. The van der Waals surface area contributed by atoms with Crippen LogP contribution in [-0.4, -0.2) is 30.9 Å². The third-order valence-electron chi connectivity index (χ3n) is 2.52.